The molecule has 0 fully saturated rings. The zero-order valence-electron chi connectivity index (χ0n) is 11.4. The van der Waals surface area contributed by atoms with Crippen LogP contribution in [0.15, 0.2) is 54.7 Å². The zero-order valence-corrected chi connectivity index (χ0v) is 11.4. The lowest BCUT2D eigenvalue weighted by molar-refractivity contribution is 0.262. The van der Waals surface area contributed by atoms with Crippen molar-refractivity contribution in [2.24, 2.45) is 0 Å². The Kier molecular flexibility index (Phi) is 3.49. The third-order valence-electron chi connectivity index (χ3n) is 3.04. The second-order valence-corrected chi connectivity index (χ2v) is 4.70. The number of fused-ring (bicyclic) bond motifs is 1. The van der Waals surface area contributed by atoms with Gasteiger partial charge in [0.25, 0.3) is 0 Å². The molecule has 0 spiro atoms. The summed E-state index contributed by atoms with van der Waals surface area (Å²) in [5.74, 6) is -0.274. The quantitative estimate of drug-likeness (QED) is 0.583. The number of anilines is 2. The Balaban J connectivity index is 1.81. The Morgan fingerprint density at radius 3 is 2.45 bits per heavy atom. The summed E-state index contributed by atoms with van der Waals surface area (Å²) in [5, 5.41) is 24.9. The van der Waals surface area contributed by atoms with E-state index in [0.717, 1.165) is 5.39 Å². The Labute approximate surface area is 126 Å². The summed E-state index contributed by atoms with van der Waals surface area (Å²) in [6.07, 6.45) is 1.65. The number of benzene rings is 2. The standard InChI is InChI=1S/C16H13N3O3/c20-12-7-11(8-13(21)9-12)18-16(22)19-14-5-1-3-10-4-2-6-17-15(10)14/h1-9,20-21H,(H2,18,19,22). The van der Waals surface area contributed by atoms with Gasteiger partial charge in [-0.2, -0.15) is 0 Å². The number of phenols is 2. The molecule has 110 valence electrons. The topological polar surface area (TPSA) is 94.5 Å². The third-order valence-corrected chi connectivity index (χ3v) is 3.04. The average Bonchev–Trinajstić information content (AvgIpc) is 2.46. The van der Waals surface area contributed by atoms with E-state index in [1.807, 2.05) is 24.3 Å². The van der Waals surface area contributed by atoms with Gasteiger partial charge in [0, 0.05) is 35.5 Å². The van der Waals surface area contributed by atoms with Gasteiger partial charge < -0.3 is 20.8 Å². The van der Waals surface area contributed by atoms with E-state index in [9.17, 15) is 15.0 Å². The number of carbonyl (C=O) groups is 1. The van der Waals surface area contributed by atoms with Gasteiger partial charge in [-0.05, 0) is 12.1 Å². The second-order valence-electron chi connectivity index (χ2n) is 4.70. The Bertz CT molecular complexity index is 823. The lowest BCUT2D eigenvalue weighted by Crippen LogP contribution is -2.19. The number of carbonyl (C=O) groups excluding carboxylic acids is 1. The number of urea groups is 1. The van der Waals surface area contributed by atoms with Gasteiger partial charge in [-0.15, -0.1) is 0 Å². The molecule has 0 saturated heterocycles. The van der Waals surface area contributed by atoms with Crippen LogP contribution in [-0.2, 0) is 0 Å². The number of nitrogens with zero attached hydrogens (tertiary/aromatic N) is 1. The van der Waals surface area contributed by atoms with Gasteiger partial charge in [0.1, 0.15) is 11.5 Å². The molecule has 0 saturated carbocycles. The number of hydrogen-bond donors (Lipinski definition) is 4. The number of amides is 2. The van der Waals surface area contributed by atoms with Crippen molar-refractivity contribution in [1.29, 1.82) is 0 Å². The maximum absolute atomic E-state index is 12.0. The van der Waals surface area contributed by atoms with Crippen LogP contribution in [0.5, 0.6) is 11.5 Å². The maximum Gasteiger partial charge on any atom is 0.323 e. The van der Waals surface area contributed by atoms with E-state index in [1.165, 1.54) is 18.2 Å². The fraction of sp³-hybridized carbons (Fsp3) is 0. The number of rotatable bonds is 2. The molecule has 1 aromatic heterocycles. The van der Waals surface area contributed by atoms with Gasteiger partial charge in [-0.3, -0.25) is 4.98 Å². The highest BCUT2D eigenvalue weighted by Gasteiger charge is 2.08. The van der Waals surface area contributed by atoms with Crippen molar-refractivity contribution < 1.29 is 15.0 Å². The van der Waals surface area contributed by atoms with Crippen molar-refractivity contribution in [1.82, 2.24) is 4.98 Å². The molecule has 0 bridgehead atoms. The van der Waals surface area contributed by atoms with Gasteiger partial charge in [-0.25, -0.2) is 4.79 Å². The van der Waals surface area contributed by atoms with Gasteiger partial charge in [0.15, 0.2) is 0 Å². The highest BCUT2D eigenvalue weighted by atomic mass is 16.3. The fourth-order valence-electron chi connectivity index (χ4n) is 2.16. The Morgan fingerprint density at radius 2 is 1.68 bits per heavy atom. The van der Waals surface area contributed by atoms with Crippen LogP contribution in [0.25, 0.3) is 10.9 Å². The minimum Gasteiger partial charge on any atom is -0.508 e. The third kappa shape index (κ3) is 2.90. The van der Waals surface area contributed by atoms with E-state index < -0.39 is 6.03 Å². The summed E-state index contributed by atoms with van der Waals surface area (Å²) >= 11 is 0. The van der Waals surface area contributed by atoms with Gasteiger partial charge in [0.2, 0.25) is 0 Å². The largest absolute Gasteiger partial charge is 0.508 e. The van der Waals surface area contributed by atoms with Crippen LogP contribution in [0.1, 0.15) is 0 Å². The number of aromatic nitrogens is 1. The van der Waals surface area contributed by atoms with Gasteiger partial charge in [-0.1, -0.05) is 18.2 Å². The molecule has 0 aliphatic rings. The smallest absolute Gasteiger partial charge is 0.323 e. The minimum absolute atomic E-state index is 0.137. The van der Waals surface area contributed by atoms with Crippen molar-refractivity contribution in [2.45, 2.75) is 0 Å². The minimum atomic E-state index is -0.497. The molecule has 2 aromatic carbocycles. The average molecular weight is 295 g/mol. The monoisotopic (exact) mass is 295 g/mol. The molecule has 2 amide bonds. The van der Waals surface area contributed by atoms with E-state index >= 15 is 0 Å². The molecule has 3 aromatic rings. The molecule has 1 heterocycles. The molecule has 0 atom stereocenters. The molecule has 22 heavy (non-hydrogen) atoms. The SMILES string of the molecule is O=C(Nc1cc(O)cc(O)c1)Nc1cccc2cccnc12. The summed E-state index contributed by atoms with van der Waals surface area (Å²) < 4.78 is 0. The van der Waals surface area contributed by atoms with E-state index in [-0.39, 0.29) is 17.2 Å². The van der Waals surface area contributed by atoms with Gasteiger partial charge in [0.05, 0.1) is 11.2 Å². The van der Waals surface area contributed by atoms with Gasteiger partial charge >= 0.3 is 6.03 Å². The molecular formula is C16H13N3O3. The summed E-state index contributed by atoms with van der Waals surface area (Å²) in [7, 11) is 0. The molecule has 0 radical (unpaired) electrons. The summed E-state index contributed by atoms with van der Waals surface area (Å²) in [5.41, 5.74) is 1.53. The van der Waals surface area contributed by atoms with E-state index in [2.05, 4.69) is 15.6 Å². The molecule has 3 rings (SSSR count). The van der Waals surface area contributed by atoms with Crippen LogP contribution in [0.3, 0.4) is 0 Å². The summed E-state index contributed by atoms with van der Waals surface area (Å²) in [6.45, 7) is 0. The molecule has 4 N–H and O–H groups in total. The second kappa shape index (κ2) is 5.61. The first-order valence-corrected chi connectivity index (χ1v) is 6.56. The van der Waals surface area contributed by atoms with Crippen molar-refractivity contribution >= 4 is 28.3 Å². The van der Waals surface area contributed by atoms with Crippen molar-refractivity contribution in [3.8, 4) is 11.5 Å². The zero-order chi connectivity index (χ0) is 15.5. The van der Waals surface area contributed by atoms with E-state index in [0.29, 0.717) is 11.2 Å². The lowest BCUT2D eigenvalue weighted by Gasteiger charge is -2.10. The summed E-state index contributed by atoms with van der Waals surface area (Å²) in [6, 6.07) is 12.5. The predicted octanol–water partition coefficient (Wildman–Crippen LogP) is 3.29. The van der Waals surface area contributed by atoms with Crippen LogP contribution in [-0.4, -0.2) is 21.2 Å². The van der Waals surface area contributed by atoms with Crippen LogP contribution in [0.2, 0.25) is 0 Å². The van der Waals surface area contributed by atoms with Crippen LogP contribution < -0.4 is 10.6 Å². The highest BCUT2D eigenvalue weighted by molar-refractivity contribution is 6.05. The van der Waals surface area contributed by atoms with Crippen LogP contribution in [0, 0.1) is 0 Å². The van der Waals surface area contributed by atoms with Crippen molar-refractivity contribution in [2.75, 3.05) is 10.6 Å². The van der Waals surface area contributed by atoms with Crippen molar-refractivity contribution in [3.05, 3.63) is 54.7 Å². The first-order valence-electron chi connectivity index (χ1n) is 6.56. The number of pyridine rings is 1. The first-order chi connectivity index (χ1) is 10.6. The highest BCUT2D eigenvalue weighted by Crippen LogP contribution is 2.25. The van der Waals surface area contributed by atoms with E-state index in [1.54, 1.807) is 12.3 Å². The Morgan fingerprint density at radius 1 is 0.955 bits per heavy atom. The normalized spacial score (nSPS) is 10.4. The molecule has 0 aliphatic carbocycles. The molecule has 0 unspecified atom stereocenters. The predicted molar refractivity (Wildman–Crippen MR) is 84.2 cm³/mol. The fourth-order valence-corrected chi connectivity index (χ4v) is 2.16. The number of aromatic hydroxyl groups is 2. The number of para-hydroxylation sites is 1. The maximum atomic E-state index is 12.0. The lowest BCUT2D eigenvalue weighted by atomic mass is 10.2. The van der Waals surface area contributed by atoms with E-state index in [4.69, 9.17) is 0 Å². The first kappa shape index (κ1) is 13.7. The molecule has 0 aliphatic heterocycles. The molecule has 6 heteroatoms. The van der Waals surface area contributed by atoms with Crippen LogP contribution in [0.4, 0.5) is 16.2 Å². The Hall–Kier alpha value is -3.28. The number of phenolic OH excluding ortho intramolecular Hbond substituents is 2. The number of hydrogen-bond acceptors (Lipinski definition) is 4. The molecule has 6 nitrogen and oxygen atoms in total. The van der Waals surface area contributed by atoms with Crippen LogP contribution >= 0.6 is 0 Å². The van der Waals surface area contributed by atoms with Crippen molar-refractivity contribution in [3.63, 3.8) is 0 Å². The summed E-state index contributed by atoms with van der Waals surface area (Å²) in [4.78, 5) is 16.3. The molecular weight excluding hydrogens is 282 g/mol. The number of nitrogens with one attached hydrogen (secondary N) is 2.